The van der Waals surface area contributed by atoms with Crippen LogP contribution in [0.25, 0.3) is 22.1 Å². The van der Waals surface area contributed by atoms with Gasteiger partial charge in [0.25, 0.3) is 0 Å². The number of esters is 2. The van der Waals surface area contributed by atoms with E-state index in [-0.39, 0.29) is 24.6 Å². The highest BCUT2D eigenvalue weighted by atomic mass is 35.5. The Hall–Kier alpha value is -3.13. The molecule has 0 bridgehead atoms. The number of carbonyl (C=O) groups excluding carboxylic acids is 2. The highest BCUT2D eigenvalue weighted by Gasteiger charge is 2.25. The van der Waals surface area contributed by atoms with Crippen molar-refractivity contribution in [3.8, 4) is 0 Å². The molecular formula is C18H15ClN4O4. The van der Waals surface area contributed by atoms with Crippen molar-refractivity contribution in [2.45, 2.75) is 13.8 Å². The van der Waals surface area contributed by atoms with Gasteiger partial charge in [-0.3, -0.25) is 8.80 Å². The summed E-state index contributed by atoms with van der Waals surface area (Å²) in [4.78, 5) is 33.3. The topological polar surface area (TPSA) is 87.2 Å². The summed E-state index contributed by atoms with van der Waals surface area (Å²) in [6, 6.07) is 5.30. The third-order valence-electron chi connectivity index (χ3n) is 4.15. The molecule has 0 aliphatic heterocycles. The van der Waals surface area contributed by atoms with Crippen LogP contribution in [0.3, 0.4) is 0 Å². The van der Waals surface area contributed by atoms with Crippen LogP contribution in [-0.2, 0) is 9.47 Å². The van der Waals surface area contributed by atoms with Crippen molar-refractivity contribution in [2.75, 3.05) is 13.2 Å². The van der Waals surface area contributed by atoms with Crippen molar-refractivity contribution in [1.82, 2.24) is 18.8 Å². The molecule has 0 fully saturated rings. The number of fused-ring (bicyclic) bond motifs is 6. The molecule has 4 rings (SSSR count). The number of carbonyl (C=O) groups is 2. The molecule has 0 N–H and O–H groups in total. The SMILES string of the molecule is CCOC(=O)c1ncn2c3ccc(Cl)cc3n3cnc(C(=O)OCC)c3c12. The van der Waals surface area contributed by atoms with Gasteiger partial charge in [0.1, 0.15) is 23.7 Å². The fourth-order valence-electron chi connectivity index (χ4n) is 3.11. The number of benzene rings is 1. The molecule has 3 heterocycles. The fraction of sp³-hybridized carbons (Fsp3) is 0.222. The molecule has 0 saturated carbocycles. The number of hydrogen-bond acceptors (Lipinski definition) is 6. The molecule has 0 unspecified atom stereocenters. The Labute approximate surface area is 158 Å². The van der Waals surface area contributed by atoms with Gasteiger partial charge in [0, 0.05) is 5.02 Å². The molecule has 27 heavy (non-hydrogen) atoms. The van der Waals surface area contributed by atoms with Gasteiger partial charge in [-0.25, -0.2) is 19.6 Å². The first kappa shape index (κ1) is 17.3. The molecule has 0 amide bonds. The van der Waals surface area contributed by atoms with Crippen LogP contribution >= 0.6 is 11.6 Å². The highest BCUT2D eigenvalue weighted by molar-refractivity contribution is 6.31. The van der Waals surface area contributed by atoms with Gasteiger partial charge in [0.15, 0.2) is 11.4 Å². The molecule has 0 radical (unpaired) electrons. The Bertz CT molecular complexity index is 1210. The molecule has 0 spiro atoms. The predicted molar refractivity (Wildman–Crippen MR) is 98.4 cm³/mol. The standard InChI is InChI=1S/C18H15ClN4O4/c1-3-26-17(24)13-15-16-14(18(25)27-4-2)21-9-23(16)12-7-10(19)5-6-11(12)22(15)8-20-13/h5-9H,3-4H2,1-2H3. The van der Waals surface area contributed by atoms with Crippen LogP contribution in [0, 0.1) is 0 Å². The largest absolute Gasteiger partial charge is 0.461 e. The number of aromatic nitrogens is 4. The van der Waals surface area contributed by atoms with Crippen molar-refractivity contribution < 1.29 is 19.1 Å². The van der Waals surface area contributed by atoms with E-state index in [9.17, 15) is 9.59 Å². The quantitative estimate of drug-likeness (QED) is 0.501. The first-order valence-electron chi connectivity index (χ1n) is 8.36. The molecule has 9 heteroatoms. The number of ether oxygens (including phenoxy) is 2. The van der Waals surface area contributed by atoms with Crippen molar-refractivity contribution in [1.29, 1.82) is 0 Å². The van der Waals surface area contributed by atoms with Gasteiger partial charge in [-0.2, -0.15) is 0 Å². The van der Waals surface area contributed by atoms with Gasteiger partial charge < -0.3 is 9.47 Å². The first-order chi connectivity index (χ1) is 13.1. The van der Waals surface area contributed by atoms with E-state index in [0.29, 0.717) is 21.6 Å². The summed E-state index contributed by atoms with van der Waals surface area (Å²) in [5, 5.41) is 0.528. The lowest BCUT2D eigenvalue weighted by Crippen LogP contribution is -2.09. The minimum absolute atomic E-state index is 0.0924. The molecule has 0 saturated heterocycles. The summed E-state index contributed by atoms with van der Waals surface area (Å²) in [5.74, 6) is -1.16. The van der Waals surface area contributed by atoms with E-state index < -0.39 is 11.9 Å². The lowest BCUT2D eigenvalue weighted by Gasteiger charge is -2.09. The van der Waals surface area contributed by atoms with E-state index >= 15 is 0 Å². The van der Waals surface area contributed by atoms with Crippen molar-refractivity contribution in [3.63, 3.8) is 0 Å². The Kier molecular flexibility index (Phi) is 4.19. The van der Waals surface area contributed by atoms with E-state index in [2.05, 4.69) is 9.97 Å². The fourth-order valence-corrected chi connectivity index (χ4v) is 3.27. The summed E-state index contributed by atoms with van der Waals surface area (Å²) >= 11 is 6.16. The molecule has 0 atom stereocenters. The molecule has 3 aromatic heterocycles. The van der Waals surface area contributed by atoms with E-state index in [1.54, 1.807) is 34.8 Å². The van der Waals surface area contributed by atoms with Gasteiger partial charge in [-0.05, 0) is 32.0 Å². The molecule has 8 nitrogen and oxygen atoms in total. The molecule has 138 valence electrons. The van der Waals surface area contributed by atoms with Crippen LogP contribution in [0.4, 0.5) is 0 Å². The van der Waals surface area contributed by atoms with Crippen molar-refractivity contribution in [3.05, 3.63) is 47.3 Å². The van der Waals surface area contributed by atoms with Gasteiger partial charge in [0.2, 0.25) is 0 Å². The number of hydrogen-bond donors (Lipinski definition) is 0. The number of imidazole rings is 2. The second-order valence-corrected chi connectivity index (χ2v) is 6.13. The van der Waals surface area contributed by atoms with Crippen LogP contribution in [-0.4, -0.2) is 43.9 Å². The molecule has 4 aromatic rings. The third kappa shape index (κ3) is 2.60. The maximum atomic E-state index is 12.4. The second-order valence-electron chi connectivity index (χ2n) is 5.70. The van der Waals surface area contributed by atoms with Crippen LogP contribution in [0.15, 0.2) is 30.9 Å². The van der Waals surface area contributed by atoms with Gasteiger partial charge in [-0.1, -0.05) is 11.6 Å². The number of rotatable bonds is 4. The summed E-state index contributed by atoms with van der Waals surface area (Å²) in [6.07, 6.45) is 3.02. The lowest BCUT2D eigenvalue weighted by atomic mass is 10.2. The van der Waals surface area contributed by atoms with E-state index in [4.69, 9.17) is 21.1 Å². The Morgan fingerprint density at radius 3 is 1.96 bits per heavy atom. The minimum atomic E-state index is -0.584. The van der Waals surface area contributed by atoms with Crippen LogP contribution in [0.1, 0.15) is 34.8 Å². The van der Waals surface area contributed by atoms with Crippen LogP contribution < -0.4 is 0 Å². The van der Waals surface area contributed by atoms with E-state index in [0.717, 1.165) is 5.52 Å². The van der Waals surface area contributed by atoms with Crippen molar-refractivity contribution >= 4 is 45.6 Å². The summed E-state index contributed by atoms with van der Waals surface area (Å²) in [7, 11) is 0. The zero-order chi connectivity index (χ0) is 19.1. The third-order valence-corrected chi connectivity index (χ3v) is 4.39. The maximum Gasteiger partial charge on any atom is 0.359 e. The average molecular weight is 387 g/mol. The number of halogens is 1. The molecule has 0 aliphatic rings. The monoisotopic (exact) mass is 386 g/mol. The smallest absolute Gasteiger partial charge is 0.359 e. The van der Waals surface area contributed by atoms with Gasteiger partial charge in [0.05, 0.1) is 24.2 Å². The molecular weight excluding hydrogens is 372 g/mol. The molecule has 1 aromatic carbocycles. The second kappa shape index (κ2) is 6.55. The number of nitrogens with zero attached hydrogens (tertiary/aromatic N) is 4. The Morgan fingerprint density at radius 1 is 0.926 bits per heavy atom. The zero-order valence-electron chi connectivity index (χ0n) is 14.6. The summed E-state index contributed by atoms with van der Waals surface area (Å²) in [5.41, 5.74) is 2.48. The maximum absolute atomic E-state index is 12.4. The highest BCUT2D eigenvalue weighted by Crippen LogP contribution is 2.29. The van der Waals surface area contributed by atoms with Crippen LogP contribution in [0.5, 0.6) is 0 Å². The lowest BCUT2D eigenvalue weighted by molar-refractivity contribution is 0.0511. The average Bonchev–Trinajstić information content (AvgIpc) is 3.26. The summed E-state index contributed by atoms with van der Waals surface area (Å²) < 4.78 is 13.7. The van der Waals surface area contributed by atoms with Gasteiger partial charge >= 0.3 is 11.9 Å². The Morgan fingerprint density at radius 2 is 1.44 bits per heavy atom. The van der Waals surface area contributed by atoms with Crippen molar-refractivity contribution in [2.24, 2.45) is 0 Å². The van der Waals surface area contributed by atoms with E-state index in [1.807, 2.05) is 6.07 Å². The van der Waals surface area contributed by atoms with E-state index in [1.165, 1.54) is 12.7 Å². The zero-order valence-corrected chi connectivity index (χ0v) is 15.4. The Balaban J connectivity index is 2.18. The summed E-state index contributed by atoms with van der Waals surface area (Å²) in [6.45, 7) is 3.84. The first-order valence-corrected chi connectivity index (χ1v) is 8.74. The minimum Gasteiger partial charge on any atom is -0.461 e. The van der Waals surface area contributed by atoms with Gasteiger partial charge in [-0.15, -0.1) is 0 Å². The van der Waals surface area contributed by atoms with Crippen LogP contribution in [0.2, 0.25) is 5.02 Å². The predicted octanol–water partition coefficient (Wildman–Crippen LogP) is 3.14. The molecule has 0 aliphatic carbocycles. The normalized spacial score (nSPS) is 11.4.